The summed E-state index contributed by atoms with van der Waals surface area (Å²) in [7, 11) is 0. The van der Waals surface area contributed by atoms with Gasteiger partial charge in [0.15, 0.2) is 0 Å². The molecule has 0 bridgehead atoms. The summed E-state index contributed by atoms with van der Waals surface area (Å²) in [5, 5.41) is 1.06. The van der Waals surface area contributed by atoms with Crippen molar-refractivity contribution in [3.05, 3.63) is 69.8 Å². The molecule has 106 valence electrons. The Labute approximate surface area is 127 Å². The van der Waals surface area contributed by atoms with Gasteiger partial charge >= 0.3 is 0 Å². The molecule has 0 fully saturated rings. The Morgan fingerprint density at radius 1 is 1.00 bits per heavy atom. The van der Waals surface area contributed by atoms with Gasteiger partial charge in [0.25, 0.3) is 0 Å². The van der Waals surface area contributed by atoms with Crippen LogP contribution in [0.2, 0.25) is 0 Å². The van der Waals surface area contributed by atoms with E-state index in [4.69, 9.17) is 5.73 Å². The number of fused-ring (bicyclic) bond motifs is 2. The third-order valence-corrected chi connectivity index (χ3v) is 5.47. The predicted molar refractivity (Wildman–Crippen MR) is 86.3 cm³/mol. The third-order valence-electron chi connectivity index (χ3n) is 4.29. The number of halogens is 1. The summed E-state index contributed by atoms with van der Waals surface area (Å²) in [4.78, 5) is 1.09. The highest BCUT2D eigenvalue weighted by atomic mass is 32.1. The Hall–Kier alpha value is -1.71. The molecular formula is C18H16FNS. The molecule has 1 nitrogen and oxygen atoms in total. The second-order valence-corrected chi connectivity index (χ2v) is 6.81. The Balaban J connectivity index is 1.73. The van der Waals surface area contributed by atoms with Gasteiger partial charge in [-0.3, -0.25) is 0 Å². The van der Waals surface area contributed by atoms with Crippen molar-refractivity contribution < 1.29 is 4.39 Å². The maximum Gasteiger partial charge on any atom is 0.124 e. The van der Waals surface area contributed by atoms with Crippen LogP contribution in [0.4, 0.5) is 4.39 Å². The molecule has 21 heavy (non-hydrogen) atoms. The van der Waals surface area contributed by atoms with Crippen LogP contribution in [0.25, 0.3) is 10.1 Å². The predicted octanol–water partition coefficient (Wildman–Crippen LogP) is 4.58. The lowest BCUT2D eigenvalue weighted by Gasteiger charge is -2.11. The van der Waals surface area contributed by atoms with Crippen LogP contribution in [0.5, 0.6) is 0 Å². The molecule has 2 aromatic carbocycles. The maximum atomic E-state index is 13.3. The summed E-state index contributed by atoms with van der Waals surface area (Å²) >= 11 is 1.58. The second-order valence-electron chi connectivity index (χ2n) is 5.69. The zero-order chi connectivity index (χ0) is 14.4. The van der Waals surface area contributed by atoms with E-state index in [9.17, 15) is 4.39 Å². The maximum absolute atomic E-state index is 13.3. The second kappa shape index (κ2) is 4.93. The molecule has 3 heteroatoms. The van der Waals surface area contributed by atoms with Crippen LogP contribution in [0.15, 0.2) is 42.5 Å². The Kier molecular flexibility index (Phi) is 3.05. The first-order chi connectivity index (χ1) is 10.2. The van der Waals surface area contributed by atoms with Crippen molar-refractivity contribution in [2.45, 2.75) is 25.3 Å². The van der Waals surface area contributed by atoms with E-state index in [0.29, 0.717) is 0 Å². The summed E-state index contributed by atoms with van der Waals surface area (Å²) in [6, 6.07) is 13.5. The highest BCUT2D eigenvalue weighted by Crippen LogP contribution is 2.34. The van der Waals surface area contributed by atoms with Gasteiger partial charge in [-0.25, -0.2) is 4.39 Å². The van der Waals surface area contributed by atoms with Crippen LogP contribution in [0.3, 0.4) is 0 Å². The van der Waals surface area contributed by atoms with E-state index < -0.39 is 0 Å². The minimum atomic E-state index is -0.193. The number of nitrogens with two attached hydrogens (primary N) is 1. The monoisotopic (exact) mass is 297 g/mol. The van der Waals surface area contributed by atoms with Crippen molar-refractivity contribution in [1.29, 1.82) is 0 Å². The standard InChI is InChI=1S/C18H16FNS/c19-15-7-6-13-9-17(21-16(13)10-15)18(20)14-5-4-11-2-1-3-12(11)8-14/h4-10,18H,1-3,20H2. The van der Waals surface area contributed by atoms with Crippen molar-refractivity contribution in [3.8, 4) is 0 Å². The quantitative estimate of drug-likeness (QED) is 0.736. The molecule has 0 spiro atoms. The molecule has 1 aliphatic carbocycles. The van der Waals surface area contributed by atoms with E-state index in [1.54, 1.807) is 17.4 Å². The minimum Gasteiger partial charge on any atom is -0.320 e. The summed E-state index contributed by atoms with van der Waals surface area (Å²) in [6.45, 7) is 0. The number of thiophene rings is 1. The van der Waals surface area contributed by atoms with Crippen molar-refractivity contribution in [1.82, 2.24) is 0 Å². The molecule has 0 amide bonds. The first-order valence-corrected chi connectivity index (χ1v) is 8.08. The smallest absolute Gasteiger partial charge is 0.124 e. The van der Waals surface area contributed by atoms with Gasteiger partial charge in [-0.1, -0.05) is 24.3 Å². The Bertz CT molecular complexity index is 821. The molecule has 1 aliphatic rings. The van der Waals surface area contributed by atoms with E-state index in [2.05, 4.69) is 24.3 Å². The van der Waals surface area contributed by atoms with Crippen LogP contribution in [0, 0.1) is 5.82 Å². The van der Waals surface area contributed by atoms with Gasteiger partial charge in [-0.2, -0.15) is 0 Å². The molecule has 4 rings (SSSR count). The summed E-state index contributed by atoms with van der Waals surface area (Å²) < 4.78 is 14.3. The van der Waals surface area contributed by atoms with Crippen molar-refractivity contribution in [2.24, 2.45) is 5.73 Å². The minimum absolute atomic E-state index is 0.128. The molecule has 1 aromatic heterocycles. The number of hydrogen-bond donors (Lipinski definition) is 1. The van der Waals surface area contributed by atoms with Crippen molar-refractivity contribution >= 4 is 21.4 Å². The highest BCUT2D eigenvalue weighted by Gasteiger charge is 2.16. The lowest BCUT2D eigenvalue weighted by Crippen LogP contribution is -2.10. The molecule has 1 unspecified atom stereocenters. The number of aryl methyl sites for hydroxylation is 2. The molecule has 2 N–H and O–H groups in total. The molecule has 0 saturated carbocycles. The number of rotatable bonds is 2. The molecule has 0 saturated heterocycles. The van der Waals surface area contributed by atoms with E-state index in [1.165, 1.54) is 30.0 Å². The molecule has 0 aliphatic heterocycles. The lowest BCUT2D eigenvalue weighted by atomic mass is 10.0. The van der Waals surface area contributed by atoms with Crippen LogP contribution in [-0.2, 0) is 12.8 Å². The van der Waals surface area contributed by atoms with E-state index in [1.807, 2.05) is 6.07 Å². The van der Waals surface area contributed by atoms with Gasteiger partial charge < -0.3 is 5.73 Å². The summed E-state index contributed by atoms with van der Waals surface area (Å²) in [5.41, 5.74) is 10.5. The lowest BCUT2D eigenvalue weighted by molar-refractivity contribution is 0.630. The van der Waals surface area contributed by atoms with Crippen molar-refractivity contribution in [3.63, 3.8) is 0 Å². The fourth-order valence-electron chi connectivity index (χ4n) is 3.13. The van der Waals surface area contributed by atoms with E-state index >= 15 is 0 Å². The zero-order valence-corrected chi connectivity index (χ0v) is 12.4. The van der Waals surface area contributed by atoms with Gasteiger partial charge in [0.1, 0.15) is 5.82 Å². The molecule has 3 aromatic rings. The largest absolute Gasteiger partial charge is 0.320 e. The molecule has 1 heterocycles. The van der Waals surface area contributed by atoms with Gasteiger partial charge in [0, 0.05) is 9.58 Å². The fraction of sp³-hybridized carbons (Fsp3) is 0.222. The first-order valence-electron chi connectivity index (χ1n) is 7.27. The molecular weight excluding hydrogens is 281 g/mol. The topological polar surface area (TPSA) is 26.0 Å². The van der Waals surface area contributed by atoms with E-state index in [-0.39, 0.29) is 11.9 Å². The van der Waals surface area contributed by atoms with Crippen LogP contribution >= 0.6 is 11.3 Å². The Morgan fingerprint density at radius 3 is 2.76 bits per heavy atom. The molecule has 0 radical (unpaired) electrons. The first kappa shape index (κ1) is 13.0. The van der Waals surface area contributed by atoms with E-state index in [0.717, 1.165) is 26.9 Å². The van der Waals surface area contributed by atoms with Gasteiger partial charge in [-0.05, 0) is 59.5 Å². The van der Waals surface area contributed by atoms with Gasteiger partial charge in [0.2, 0.25) is 0 Å². The van der Waals surface area contributed by atoms with Gasteiger partial charge in [-0.15, -0.1) is 11.3 Å². The van der Waals surface area contributed by atoms with Crippen molar-refractivity contribution in [2.75, 3.05) is 0 Å². The van der Waals surface area contributed by atoms with Gasteiger partial charge in [0.05, 0.1) is 6.04 Å². The molecule has 1 atom stereocenters. The Morgan fingerprint density at radius 2 is 1.86 bits per heavy atom. The van der Waals surface area contributed by atoms with Crippen LogP contribution in [-0.4, -0.2) is 0 Å². The summed E-state index contributed by atoms with van der Waals surface area (Å²) in [5.74, 6) is -0.193. The number of benzene rings is 2. The zero-order valence-electron chi connectivity index (χ0n) is 11.6. The fourth-order valence-corrected chi connectivity index (χ4v) is 4.25. The number of hydrogen-bond acceptors (Lipinski definition) is 2. The third kappa shape index (κ3) is 2.27. The SMILES string of the molecule is NC(c1ccc2c(c1)CCC2)c1cc2ccc(F)cc2s1. The summed E-state index contributed by atoms with van der Waals surface area (Å²) in [6.07, 6.45) is 3.59. The normalized spacial score (nSPS) is 15.3. The highest BCUT2D eigenvalue weighted by molar-refractivity contribution is 7.19. The average Bonchev–Trinajstić information content (AvgIpc) is 3.11. The average molecular weight is 297 g/mol. The van der Waals surface area contributed by atoms with Crippen LogP contribution in [0.1, 0.15) is 34.0 Å². The van der Waals surface area contributed by atoms with Crippen LogP contribution < -0.4 is 5.73 Å².